The van der Waals surface area contributed by atoms with Crippen LogP contribution in [0, 0.1) is 11.8 Å². The highest BCUT2D eigenvalue weighted by atomic mass is 15.2. The Morgan fingerprint density at radius 2 is 1.76 bits per heavy atom. The Labute approximate surface area is 107 Å². The van der Waals surface area contributed by atoms with E-state index >= 15 is 0 Å². The number of hydrogen-bond acceptors (Lipinski definition) is 2. The number of nitrogens with two attached hydrogens (primary N) is 1. The maximum absolute atomic E-state index is 6.41. The van der Waals surface area contributed by atoms with Gasteiger partial charge in [0.25, 0.3) is 0 Å². The van der Waals surface area contributed by atoms with Crippen molar-refractivity contribution in [3.8, 4) is 0 Å². The highest BCUT2D eigenvalue weighted by Crippen LogP contribution is 2.31. The lowest BCUT2D eigenvalue weighted by Crippen LogP contribution is -2.43. The summed E-state index contributed by atoms with van der Waals surface area (Å²) in [6, 6.07) is 1.31. The molecule has 2 aliphatic carbocycles. The molecule has 2 aliphatic rings. The molecule has 2 saturated carbocycles. The van der Waals surface area contributed by atoms with E-state index in [1.807, 2.05) is 0 Å². The summed E-state index contributed by atoms with van der Waals surface area (Å²) in [6.45, 7) is 7.06. The lowest BCUT2D eigenvalue weighted by atomic mass is 9.98. The zero-order chi connectivity index (χ0) is 12.3. The lowest BCUT2D eigenvalue weighted by molar-refractivity contribution is 0.210. The molecular formula is C15H30N2. The minimum absolute atomic E-state index is 0.435. The van der Waals surface area contributed by atoms with Crippen LogP contribution in [0.5, 0.6) is 0 Å². The zero-order valence-electron chi connectivity index (χ0n) is 11.7. The van der Waals surface area contributed by atoms with Gasteiger partial charge in [0.15, 0.2) is 0 Å². The van der Waals surface area contributed by atoms with Crippen LogP contribution in [0.1, 0.15) is 58.8 Å². The second-order valence-corrected chi connectivity index (χ2v) is 6.62. The minimum atomic E-state index is 0.435. The summed E-state index contributed by atoms with van der Waals surface area (Å²) in [5.41, 5.74) is 6.41. The highest BCUT2D eigenvalue weighted by Gasteiger charge is 2.32. The van der Waals surface area contributed by atoms with Crippen LogP contribution < -0.4 is 5.73 Å². The molecule has 2 N–H and O–H groups in total. The van der Waals surface area contributed by atoms with E-state index in [1.54, 1.807) is 0 Å². The molecule has 0 aromatic rings. The maximum Gasteiger partial charge on any atom is 0.0196 e. The monoisotopic (exact) mass is 238 g/mol. The SMILES string of the molecule is CC(C)CCN(CC(N)C1CCCC1)C1CC1. The van der Waals surface area contributed by atoms with Gasteiger partial charge in [-0.3, -0.25) is 4.90 Å². The Hall–Kier alpha value is -0.0800. The first-order chi connectivity index (χ1) is 8.16. The van der Waals surface area contributed by atoms with E-state index in [1.165, 1.54) is 51.5 Å². The third-order valence-corrected chi connectivity index (χ3v) is 4.51. The summed E-state index contributed by atoms with van der Waals surface area (Å²) in [5, 5.41) is 0. The van der Waals surface area contributed by atoms with Gasteiger partial charge < -0.3 is 5.73 Å². The van der Waals surface area contributed by atoms with Gasteiger partial charge in [-0.05, 0) is 50.5 Å². The average Bonchev–Trinajstić information content (AvgIpc) is 2.98. The summed E-state index contributed by atoms with van der Waals surface area (Å²) in [7, 11) is 0. The van der Waals surface area contributed by atoms with E-state index in [0.717, 1.165) is 24.4 Å². The predicted octanol–water partition coefficient (Wildman–Crippen LogP) is 3.01. The molecule has 2 fully saturated rings. The molecule has 2 heteroatoms. The van der Waals surface area contributed by atoms with Crippen LogP contribution in [-0.2, 0) is 0 Å². The first kappa shape index (κ1) is 13.4. The fraction of sp³-hybridized carbons (Fsp3) is 1.00. The van der Waals surface area contributed by atoms with Crippen molar-refractivity contribution in [1.82, 2.24) is 4.90 Å². The fourth-order valence-electron chi connectivity index (χ4n) is 3.09. The summed E-state index contributed by atoms with van der Waals surface area (Å²) < 4.78 is 0. The van der Waals surface area contributed by atoms with E-state index < -0.39 is 0 Å². The molecular weight excluding hydrogens is 208 g/mol. The Bertz CT molecular complexity index is 217. The van der Waals surface area contributed by atoms with Gasteiger partial charge in [-0.25, -0.2) is 0 Å². The minimum Gasteiger partial charge on any atom is -0.326 e. The first-order valence-corrected chi connectivity index (χ1v) is 7.66. The maximum atomic E-state index is 6.41. The molecule has 0 saturated heterocycles. The van der Waals surface area contributed by atoms with Crippen molar-refractivity contribution in [3.05, 3.63) is 0 Å². The fourth-order valence-corrected chi connectivity index (χ4v) is 3.09. The van der Waals surface area contributed by atoms with Crippen molar-refractivity contribution in [1.29, 1.82) is 0 Å². The van der Waals surface area contributed by atoms with Crippen molar-refractivity contribution in [2.75, 3.05) is 13.1 Å². The smallest absolute Gasteiger partial charge is 0.0196 e. The van der Waals surface area contributed by atoms with Crippen molar-refractivity contribution < 1.29 is 0 Å². The van der Waals surface area contributed by atoms with Crippen LogP contribution in [0.2, 0.25) is 0 Å². The average molecular weight is 238 g/mol. The predicted molar refractivity (Wildman–Crippen MR) is 74.0 cm³/mol. The molecule has 2 rings (SSSR count). The summed E-state index contributed by atoms with van der Waals surface area (Å²) in [4.78, 5) is 2.68. The van der Waals surface area contributed by atoms with Crippen LogP contribution in [-0.4, -0.2) is 30.1 Å². The van der Waals surface area contributed by atoms with Gasteiger partial charge in [0.05, 0.1) is 0 Å². The molecule has 2 nitrogen and oxygen atoms in total. The van der Waals surface area contributed by atoms with Crippen molar-refractivity contribution >= 4 is 0 Å². The quantitative estimate of drug-likeness (QED) is 0.739. The van der Waals surface area contributed by atoms with Gasteiger partial charge in [-0.2, -0.15) is 0 Å². The second kappa shape index (κ2) is 6.19. The van der Waals surface area contributed by atoms with Gasteiger partial charge in [-0.1, -0.05) is 26.7 Å². The molecule has 0 spiro atoms. The van der Waals surface area contributed by atoms with Crippen LogP contribution in [0.3, 0.4) is 0 Å². The molecule has 1 atom stereocenters. The molecule has 1 unspecified atom stereocenters. The topological polar surface area (TPSA) is 29.3 Å². The Kier molecular flexibility index (Phi) is 4.87. The van der Waals surface area contributed by atoms with Crippen LogP contribution >= 0.6 is 0 Å². The van der Waals surface area contributed by atoms with Crippen LogP contribution in [0.25, 0.3) is 0 Å². The zero-order valence-corrected chi connectivity index (χ0v) is 11.7. The van der Waals surface area contributed by atoms with E-state index in [4.69, 9.17) is 5.73 Å². The van der Waals surface area contributed by atoms with E-state index in [-0.39, 0.29) is 0 Å². The first-order valence-electron chi connectivity index (χ1n) is 7.66. The number of rotatable bonds is 7. The Morgan fingerprint density at radius 3 is 2.29 bits per heavy atom. The normalized spacial score (nSPS) is 23.8. The van der Waals surface area contributed by atoms with E-state index in [9.17, 15) is 0 Å². The Morgan fingerprint density at radius 1 is 1.12 bits per heavy atom. The molecule has 0 amide bonds. The molecule has 0 aromatic heterocycles. The van der Waals surface area contributed by atoms with Gasteiger partial charge in [0.2, 0.25) is 0 Å². The third-order valence-electron chi connectivity index (χ3n) is 4.51. The largest absolute Gasteiger partial charge is 0.326 e. The van der Waals surface area contributed by atoms with Crippen LogP contribution in [0.4, 0.5) is 0 Å². The molecule has 0 aromatic carbocycles. The summed E-state index contributed by atoms with van der Waals surface area (Å²) in [5.74, 6) is 1.63. The number of hydrogen-bond donors (Lipinski definition) is 1. The van der Waals surface area contributed by atoms with Crippen molar-refractivity contribution in [3.63, 3.8) is 0 Å². The van der Waals surface area contributed by atoms with Crippen molar-refractivity contribution in [2.45, 2.75) is 70.9 Å². The number of nitrogens with zero attached hydrogens (tertiary/aromatic N) is 1. The third kappa shape index (κ3) is 4.26. The van der Waals surface area contributed by atoms with Gasteiger partial charge in [-0.15, -0.1) is 0 Å². The summed E-state index contributed by atoms with van der Waals surface area (Å²) >= 11 is 0. The molecule has 0 aliphatic heterocycles. The molecule has 0 heterocycles. The van der Waals surface area contributed by atoms with Gasteiger partial charge >= 0.3 is 0 Å². The summed E-state index contributed by atoms with van der Waals surface area (Å²) in [6.07, 6.45) is 9.73. The van der Waals surface area contributed by atoms with Crippen LogP contribution in [0.15, 0.2) is 0 Å². The van der Waals surface area contributed by atoms with Gasteiger partial charge in [0.1, 0.15) is 0 Å². The van der Waals surface area contributed by atoms with Gasteiger partial charge in [0, 0.05) is 18.6 Å². The molecule has 17 heavy (non-hydrogen) atoms. The lowest BCUT2D eigenvalue weighted by Gasteiger charge is -2.29. The Balaban J connectivity index is 1.75. The highest BCUT2D eigenvalue weighted by molar-refractivity contribution is 4.88. The standard InChI is InChI=1S/C15H30N2/c1-12(2)9-10-17(14-7-8-14)11-15(16)13-5-3-4-6-13/h12-15H,3-11,16H2,1-2H3. The molecule has 0 bridgehead atoms. The van der Waals surface area contributed by atoms with Crippen molar-refractivity contribution in [2.24, 2.45) is 17.6 Å². The molecule has 0 radical (unpaired) electrons. The van der Waals surface area contributed by atoms with E-state index in [0.29, 0.717) is 6.04 Å². The second-order valence-electron chi connectivity index (χ2n) is 6.62. The van der Waals surface area contributed by atoms with E-state index in [2.05, 4.69) is 18.7 Å². The molecule has 100 valence electrons.